The SMILES string of the molecule is CCCCCCCCC(CCCCCCCC)OC(=O)CCCCCCCN(CCCCCCCC)CCCC/C(=N/S(N)=O)N(C)C. The molecule has 0 aromatic heterocycles. The molecule has 0 saturated carbocycles. The second-order valence-corrected chi connectivity index (χ2v) is 15.2. The molecule has 0 amide bonds. The molecule has 0 aliphatic heterocycles. The summed E-state index contributed by atoms with van der Waals surface area (Å²) in [5.74, 6) is 0.843. The van der Waals surface area contributed by atoms with E-state index in [2.05, 4.69) is 30.1 Å². The van der Waals surface area contributed by atoms with E-state index < -0.39 is 11.2 Å². The number of rotatable bonds is 36. The third-order valence-corrected chi connectivity index (χ3v) is 9.97. The summed E-state index contributed by atoms with van der Waals surface area (Å²) in [5.41, 5.74) is 0. The van der Waals surface area contributed by atoms with Crippen molar-refractivity contribution in [3.8, 4) is 0 Å². The summed E-state index contributed by atoms with van der Waals surface area (Å²) in [6.45, 7) is 10.2. The number of unbranched alkanes of at least 4 members (excludes halogenated alkanes) is 20. The average Bonchev–Trinajstić information content (AvgIpc) is 3.05. The van der Waals surface area contributed by atoms with Gasteiger partial charge in [0.1, 0.15) is 11.9 Å². The van der Waals surface area contributed by atoms with Crippen LogP contribution in [0.2, 0.25) is 0 Å². The normalized spacial score (nSPS) is 12.7. The highest BCUT2D eigenvalue weighted by Crippen LogP contribution is 2.18. The molecule has 2 N–H and O–H groups in total. The average molecular weight is 699 g/mol. The molecule has 0 bridgehead atoms. The highest BCUT2D eigenvalue weighted by molar-refractivity contribution is 7.81. The standard InChI is InChI=1S/C40H82N4O3S/c1-6-9-12-15-19-24-31-38(32-25-20-16-13-10-7-2)47-40(45)34-26-21-18-23-29-36-44(35-28-22-17-14-11-8-3)37-30-27-33-39(43(4)5)42-48(41)46/h38H,6-37,41H2,1-5H3/b42-39-. The Morgan fingerprint density at radius 2 is 0.958 bits per heavy atom. The van der Waals surface area contributed by atoms with Crippen molar-refractivity contribution in [3.63, 3.8) is 0 Å². The molecule has 0 saturated heterocycles. The van der Waals surface area contributed by atoms with Crippen molar-refractivity contribution in [2.75, 3.05) is 33.7 Å². The predicted molar refractivity (Wildman–Crippen MR) is 211 cm³/mol. The van der Waals surface area contributed by atoms with E-state index in [1.165, 1.54) is 141 Å². The number of nitrogens with two attached hydrogens (primary N) is 1. The molecular formula is C40H82N4O3S. The van der Waals surface area contributed by atoms with E-state index in [0.29, 0.717) is 6.42 Å². The molecular weight excluding hydrogens is 617 g/mol. The lowest BCUT2D eigenvalue weighted by Crippen LogP contribution is -2.28. The molecule has 48 heavy (non-hydrogen) atoms. The molecule has 8 heteroatoms. The Bertz CT molecular complexity index is 749. The monoisotopic (exact) mass is 699 g/mol. The van der Waals surface area contributed by atoms with E-state index in [4.69, 9.17) is 9.88 Å². The van der Waals surface area contributed by atoms with Gasteiger partial charge in [0, 0.05) is 26.9 Å². The fraction of sp³-hybridized carbons (Fsp3) is 0.950. The van der Waals surface area contributed by atoms with E-state index in [-0.39, 0.29) is 12.1 Å². The number of ether oxygens (including phenoxy) is 1. The van der Waals surface area contributed by atoms with Gasteiger partial charge in [-0.25, -0.2) is 9.35 Å². The maximum absolute atomic E-state index is 12.8. The summed E-state index contributed by atoms with van der Waals surface area (Å²) in [7, 11) is 3.87. The minimum absolute atomic E-state index is 0.0299. The van der Waals surface area contributed by atoms with E-state index >= 15 is 0 Å². The van der Waals surface area contributed by atoms with Gasteiger partial charge in [-0.15, -0.1) is 0 Å². The van der Waals surface area contributed by atoms with Gasteiger partial charge in [-0.3, -0.25) is 4.79 Å². The van der Waals surface area contributed by atoms with Crippen molar-refractivity contribution in [2.24, 2.45) is 9.54 Å². The first-order chi connectivity index (χ1) is 23.3. The molecule has 0 fully saturated rings. The molecule has 1 atom stereocenters. The summed E-state index contributed by atoms with van der Waals surface area (Å²) in [6, 6.07) is 0. The van der Waals surface area contributed by atoms with Crippen LogP contribution in [0.5, 0.6) is 0 Å². The quantitative estimate of drug-likeness (QED) is 0.0304. The second kappa shape index (κ2) is 35.8. The van der Waals surface area contributed by atoms with E-state index in [1.54, 1.807) is 0 Å². The third kappa shape index (κ3) is 32.2. The maximum Gasteiger partial charge on any atom is 0.306 e. The molecule has 0 heterocycles. The van der Waals surface area contributed by atoms with E-state index in [0.717, 1.165) is 63.9 Å². The number of esters is 1. The predicted octanol–water partition coefficient (Wildman–Crippen LogP) is 11.1. The number of hydrogen-bond acceptors (Lipinski definition) is 4. The van der Waals surface area contributed by atoms with Crippen LogP contribution in [0.15, 0.2) is 4.40 Å². The number of carbonyl (C=O) groups is 1. The Labute approximate surface area is 302 Å². The van der Waals surface area contributed by atoms with Crippen molar-refractivity contribution in [3.05, 3.63) is 0 Å². The van der Waals surface area contributed by atoms with Gasteiger partial charge in [-0.2, -0.15) is 4.40 Å². The Morgan fingerprint density at radius 1 is 0.583 bits per heavy atom. The molecule has 0 radical (unpaired) electrons. The van der Waals surface area contributed by atoms with Crippen LogP contribution in [0.1, 0.15) is 207 Å². The highest BCUT2D eigenvalue weighted by atomic mass is 32.2. The minimum Gasteiger partial charge on any atom is -0.462 e. The Morgan fingerprint density at radius 3 is 1.40 bits per heavy atom. The van der Waals surface area contributed by atoms with E-state index in [1.807, 2.05) is 19.0 Å². The zero-order chi connectivity index (χ0) is 35.5. The zero-order valence-electron chi connectivity index (χ0n) is 32.8. The Kier molecular flexibility index (Phi) is 35.1. The molecule has 0 spiro atoms. The van der Waals surface area contributed by atoms with Crippen molar-refractivity contribution >= 4 is 23.0 Å². The fourth-order valence-electron chi connectivity index (χ4n) is 6.47. The topological polar surface area (TPSA) is 88.2 Å². The van der Waals surface area contributed by atoms with E-state index in [9.17, 15) is 9.00 Å². The van der Waals surface area contributed by atoms with Crippen molar-refractivity contribution in [1.82, 2.24) is 9.80 Å². The third-order valence-electron chi connectivity index (χ3n) is 9.58. The fourth-order valence-corrected chi connectivity index (χ4v) is 6.93. The Balaban J connectivity index is 4.46. The maximum atomic E-state index is 12.8. The molecule has 0 aliphatic carbocycles. The molecule has 286 valence electrons. The summed E-state index contributed by atoms with van der Waals surface area (Å²) >= 11 is -1.65. The molecule has 0 rings (SSSR count). The van der Waals surface area contributed by atoms with Gasteiger partial charge < -0.3 is 14.5 Å². The van der Waals surface area contributed by atoms with Gasteiger partial charge in [-0.05, 0) is 77.4 Å². The van der Waals surface area contributed by atoms with Crippen LogP contribution in [0, 0.1) is 0 Å². The van der Waals surface area contributed by atoms with Crippen LogP contribution in [0.3, 0.4) is 0 Å². The first-order valence-electron chi connectivity index (χ1n) is 20.7. The molecule has 1 unspecified atom stereocenters. The van der Waals surface area contributed by atoms with Gasteiger partial charge in [0.05, 0.1) is 0 Å². The van der Waals surface area contributed by atoms with Crippen molar-refractivity contribution in [1.29, 1.82) is 0 Å². The summed E-state index contributed by atoms with van der Waals surface area (Å²) in [6.07, 6.45) is 34.8. The lowest BCUT2D eigenvalue weighted by Gasteiger charge is -2.23. The first-order valence-corrected chi connectivity index (χ1v) is 21.8. The molecule has 0 aliphatic rings. The Hall–Kier alpha value is -0.990. The summed E-state index contributed by atoms with van der Waals surface area (Å²) < 4.78 is 21.5. The number of hydrogen-bond donors (Lipinski definition) is 1. The van der Waals surface area contributed by atoms with Crippen LogP contribution in [0.4, 0.5) is 0 Å². The van der Waals surface area contributed by atoms with Crippen molar-refractivity contribution < 1.29 is 13.7 Å². The van der Waals surface area contributed by atoms with Gasteiger partial charge in [-0.1, -0.05) is 136 Å². The van der Waals surface area contributed by atoms with Crippen molar-refractivity contribution in [2.45, 2.75) is 213 Å². The highest BCUT2D eigenvalue weighted by Gasteiger charge is 2.14. The number of carbonyl (C=O) groups excluding carboxylic acids is 1. The molecule has 0 aromatic rings. The summed E-state index contributed by atoms with van der Waals surface area (Å²) in [5, 5.41) is 5.40. The zero-order valence-corrected chi connectivity index (χ0v) is 33.6. The first kappa shape index (κ1) is 47.0. The van der Waals surface area contributed by atoms with Crippen LogP contribution in [-0.2, 0) is 20.7 Å². The number of nitrogens with zero attached hydrogens (tertiary/aromatic N) is 3. The van der Waals surface area contributed by atoms with Gasteiger partial charge in [0.15, 0.2) is 0 Å². The van der Waals surface area contributed by atoms with Gasteiger partial charge in [0.2, 0.25) is 11.2 Å². The second-order valence-electron chi connectivity index (χ2n) is 14.5. The largest absolute Gasteiger partial charge is 0.462 e. The number of amidine groups is 1. The lowest BCUT2D eigenvalue weighted by molar-refractivity contribution is -0.150. The minimum atomic E-state index is -1.65. The molecule has 0 aromatic carbocycles. The lowest BCUT2D eigenvalue weighted by atomic mass is 10.0. The molecule has 7 nitrogen and oxygen atoms in total. The smallest absolute Gasteiger partial charge is 0.306 e. The van der Waals surface area contributed by atoms with Crippen LogP contribution in [0.25, 0.3) is 0 Å². The van der Waals surface area contributed by atoms with Gasteiger partial charge in [0.25, 0.3) is 0 Å². The van der Waals surface area contributed by atoms with Gasteiger partial charge >= 0.3 is 5.97 Å². The summed E-state index contributed by atoms with van der Waals surface area (Å²) in [4.78, 5) is 17.3. The van der Waals surface area contributed by atoms with Crippen LogP contribution < -0.4 is 5.14 Å². The van der Waals surface area contributed by atoms with Crippen LogP contribution >= 0.6 is 0 Å². The van der Waals surface area contributed by atoms with Crippen LogP contribution in [-0.4, -0.2) is 65.6 Å².